The molecule has 1 N–H and O–H groups in total. The van der Waals surface area contributed by atoms with Crippen LogP contribution in [-0.4, -0.2) is 24.2 Å². The van der Waals surface area contributed by atoms with Crippen molar-refractivity contribution in [2.45, 2.75) is 19.5 Å². The zero-order chi connectivity index (χ0) is 15.3. The Morgan fingerprint density at radius 1 is 1.30 bits per heavy atom. The van der Waals surface area contributed by atoms with Gasteiger partial charge in [-0.3, -0.25) is 4.79 Å². The average Bonchev–Trinajstić information content (AvgIpc) is 2.33. The summed E-state index contributed by atoms with van der Waals surface area (Å²) >= 11 is 0. The number of halogens is 3. The van der Waals surface area contributed by atoms with Gasteiger partial charge in [-0.1, -0.05) is 12.2 Å². The lowest BCUT2D eigenvalue weighted by Crippen LogP contribution is -2.27. The Kier molecular flexibility index (Phi) is 5.19. The molecule has 0 fully saturated rings. The minimum atomic E-state index is -4.38. The van der Waals surface area contributed by atoms with Crippen LogP contribution in [0.2, 0.25) is 0 Å². The molecule has 0 unspecified atom stereocenters. The Hall–Kier alpha value is -1.98. The maximum absolute atomic E-state index is 12.5. The first-order valence-electron chi connectivity index (χ1n) is 5.98. The number of alkyl halides is 3. The number of carboxylic acid groups (broad SMARTS) is 1. The second-order valence-electron chi connectivity index (χ2n) is 4.57. The van der Waals surface area contributed by atoms with Gasteiger partial charge in [0, 0.05) is 18.8 Å². The molecule has 0 saturated carbocycles. The molecule has 0 amide bonds. The third-order valence-corrected chi connectivity index (χ3v) is 2.62. The van der Waals surface area contributed by atoms with Gasteiger partial charge in [0.1, 0.15) is 0 Å². The van der Waals surface area contributed by atoms with Crippen molar-refractivity contribution < 1.29 is 23.1 Å². The summed E-state index contributed by atoms with van der Waals surface area (Å²) < 4.78 is 37.4. The Labute approximate surface area is 115 Å². The van der Waals surface area contributed by atoms with E-state index in [1.165, 1.54) is 12.1 Å². The summed E-state index contributed by atoms with van der Waals surface area (Å²) in [5.74, 6) is -0.955. The lowest BCUT2D eigenvalue weighted by molar-refractivity contribution is -0.138. The summed E-state index contributed by atoms with van der Waals surface area (Å²) in [5.41, 5.74) is 0.618. The van der Waals surface area contributed by atoms with Gasteiger partial charge in [-0.2, -0.15) is 13.2 Å². The van der Waals surface area contributed by atoms with E-state index in [0.717, 1.165) is 17.7 Å². The van der Waals surface area contributed by atoms with Gasteiger partial charge in [0.2, 0.25) is 0 Å². The van der Waals surface area contributed by atoms with Gasteiger partial charge in [-0.05, 0) is 31.2 Å². The van der Waals surface area contributed by atoms with E-state index in [1.54, 1.807) is 11.8 Å². The van der Waals surface area contributed by atoms with E-state index in [2.05, 4.69) is 6.58 Å². The highest BCUT2D eigenvalue weighted by Crippen LogP contribution is 2.30. The summed E-state index contributed by atoms with van der Waals surface area (Å²) in [4.78, 5) is 12.3. The zero-order valence-corrected chi connectivity index (χ0v) is 11.1. The van der Waals surface area contributed by atoms with E-state index in [1.807, 2.05) is 0 Å². The van der Waals surface area contributed by atoms with Crippen molar-refractivity contribution in [2.75, 3.05) is 18.0 Å². The normalized spacial score (nSPS) is 11.2. The summed E-state index contributed by atoms with van der Waals surface area (Å²) in [6, 6.07) is 4.66. The lowest BCUT2D eigenvalue weighted by Gasteiger charge is -2.24. The van der Waals surface area contributed by atoms with Crippen LogP contribution in [0.15, 0.2) is 36.4 Å². The van der Waals surface area contributed by atoms with Crippen LogP contribution < -0.4 is 4.90 Å². The topological polar surface area (TPSA) is 40.5 Å². The number of nitrogens with zero attached hydrogens (tertiary/aromatic N) is 1. The zero-order valence-electron chi connectivity index (χ0n) is 11.1. The quantitative estimate of drug-likeness (QED) is 0.813. The van der Waals surface area contributed by atoms with E-state index < -0.39 is 17.7 Å². The summed E-state index contributed by atoms with van der Waals surface area (Å²) in [6.45, 7) is 6.13. The van der Waals surface area contributed by atoms with E-state index in [9.17, 15) is 18.0 Å². The second-order valence-corrected chi connectivity index (χ2v) is 4.57. The first-order chi connectivity index (χ1) is 9.20. The molecule has 0 atom stereocenters. The molecular weight excluding hydrogens is 271 g/mol. The van der Waals surface area contributed by atoms with Crippen molar-refractivity contribution in [2.24, 2.45) is 0 Å². The molecule has 6 heteroatoms. The molecule has 110 valence electrons. The number of benzene rings is 1. The molecular formula is C14H16F3NO2. The monoisotopic (exact) mass is 287 g/mol. The van der Waals surface area contributed by atoms with Crippen LogP contribution in [0.5, 0.6) is 0 Å². The van der Waals surface area contributed by atoms with Crippen LogP contribution in [0, 0.1) is 0 Å². The molecule has 0 aromatic heterocycles. The number of carboxylic acids is 1. The Morgan fingerprint density at radius 3 is 2.25 bits per heavy atom. The lowest BCUT2D eigenvalue weighted by atomic mass is 10.1. The number of carbonyl (C=O) groups is 1. The largest absolute Gasteiger partial charge is 0.481 e. The molecule has 1 rings (SSSR count). The first kappa shape index (κ1) is 16.1. The molecule has 0 saturated heterocycles. The van der Waals surface area contributed by atoms with Gasteiger partial charge in [0.05, 0.1) is 12.0 Å². The molecule has 20 heavy (non-hydrogen) atoms. The van der Waals surface area contributed by atoms with Gasteiger partial charge in [0.15, 0.2) is 0 Å². The van der Waals surface area contributed by atoms with Crippen molar-refractivity contribution in [3.8, 4) is 0 Å². The molecule has 0 radical (unpaired) electrons. The molecule has 0 aliphatic carbocycles. The molecule has 0 aliphatic heterocycles. The maximum atomic E-state index is 12.5. The van der Waals surface area contributed by atoms with E-state index in [4.69, 9.17) is 5.11 Å². The van der Waals surface area contributed by atoms with Gasteiger partial charge in [-0.25, -0.2) is 0 Å². The fraction of sp³-hybridized carbons (Fsp3) is 0.357. The Balaban J connectivity index is 2.90. The van der Waals surface area contributed by atoms with Crippen LogP contribution in [0.25, 0.3) is 0 Å². The minimum Gasteiger partial charge on any atom is -0.481 e. The third-order valence-electron chi connectivity index (χ3n) is 2.62. The van der Waals surface area contributed by atoms with Crippen molar-refractivity contribution in [1.82, 2.24) is 0 Å². The summed E-state index contributed by atoms with van der Waals surface area (Å²) in [7, 11) is 0. The van der Waals surface area contributed by atoms with Crippen LogP contribution in [-0.2, 0) is 11.0 Å². The highest BCUT2D eigenvalue weighted by Gasteiger charge is 2.30. The smallest absolute Gasteiger partial charge is 0.416 e. The highest BCUT2D eigenvalue weighted by molar-refractivity contribution is 5.67. The van der Waals surface area contributed by atoms with Crippen molar-refractivity contribution in [3.63, 3.8) is 0 Å². The number of hydrogen-bond acceptors (Lipinski definition) is 2. The van der Waals surface area contributed by atoms with Crippen LogP contribution >= 0.6 is 0 Å². The maximum Gasteiger partial charge on any atom is 0.416 e. The van der Waals surface area contributed by atoms with Crippen molar-refractivity contribution in [3.05, 3.63) is 42.0 Å². The molecule has 0 bridgehead atoms. The van der Waals surface area contributed by atoms with E-state index in [0.29, 0.717) is 12.2 Å². The van der Waals surface area contributed by atoms with Gasteiger partial charge in [0.25, 0.3) is 0 Å². The average molecular weight is 287 g/mol. The number of hydrogen-bond donors (Lipinski definition) is 1. The third kappa shape index (κ3) is 4.95. The summed E-state index contributed by atoms with van der Waals surface area (Å²) in [6.07, 6.45) is -4.47. The Bertz CT molecular complexity index is 480. The van der Waals surface area contributed by atoms with Gasteiger partial charge in [-0.15, -0.1) is 0 Å². The van der Waals surface area contributed by atoms with Crippen molar-refractivity contribution >= 4 is 11.7 Å². The highest BCUT2D eigenvalue weighted by atomic mass is 19.4. The summed E-state index contributed by atoms with van der Waals surface area (Å²) in [5, 5.41) is 8.70. The molecule has 0 heterocycles. The number of anilines is 1. The predicted molar refractivity (Wildman–Crippen MR) is 70.7 cm³/mol. The number of aliphatic carboxylic acids is 1. The Morgan fingerprint density at radius 2 is 1.85 bits per heavy atom. The molecule has 0 aliphatic rings. The standard InChI is InChI=1S/C14H16F3NO2/c1-10(2)9-18(8-7-13(19)20)12-5-3-11(4-6-12)14(15,16)17/h3-6H,1,7-9H2,2H3,(H,19,20). The fourth-order valence-corrected chi connectivity index (χ4v) is 1.72. The minimum absolute atomic E-state index is 0.0890. The predicted octanol–water partition coefficient (Wildman–Crippen LogP) is 3.56. The SMILES string of the molecule is C=C(C)CN(CCC(=O)O)c1ccc(C(F)(F)F)cc1. The first-order valence-corrected chi connectivity index (χ1v) is 5.98. The molecule has 0 spiro atoms. The van der Waals surface area contributed by atoms with Crippen LogP contribution in [0.4, 0.5) is 18.9 Å². The molecule has 3 nitrogen and oxygen atoms in total. The number of rotatable bonds is 6. The van der Waals surface area contributed by atoms with Crippen LogP contribution in [0.1, 0.15) is 18.9 Å². The fourth-order valence-electron chi connectivity index (χ4n) is 1.72. The molecule has 1 aromatic carbocycles. The van der Waals surface area contributed by atoms with E-state index >= 15 is 0 Å². The van der Waals surface area contributed by atoms with Gasteiger partial charge < -0.3 is 10.0 Å². The van der Waals surface area contributed by atoms with E-state index in [-0.39, 0.29) is 13.0 Å². The van der Waals surface area contributed by atoms with Gasteiger partial charge >= 0.3 is 12.1 Å². The van der Waals surface area contributed by atoms with Crippen LogP contribution in [0.3, 0.4) is 0 Å². The molecule has 1 aromatic rings. The second kappa shape index (κ2) is 6.45. The van der Waals surface area contributed by atoms with Crippen molar-refractivity contribution in [1.29, 1.82) is 0 Å².